The molecule has 0 saturated carbocycles. The first-order chi connectivity index (χ1) is 11.9. The molecule has 0 aliphatic heterocycles. The van der Waals surface area contributed by atoms with Crippen LogP contribution in [0.3, 0.4) is 0 Å². The highest BCUT2D eigenvalue weighted by atomic mass is 16.5. The normalized spacial score (nSPS) is 10.6. The molecule has 2 aromatic carbocycles. The zero-order chi connectivity index (χ0) is 18.4. The minimum atomic E-state index is -0.158. The molecule has 0 atom stereocenters. The van der Waals surface area contributed by atoms with Crippen molar-refractivity contribution in [1.29, 1.82) is 0 Å². The second-order valence-corrected chi connectivity index (χ2v) is 6.24. The molecule has 134 valence electrons. The van der Waals surface area contributed by atoms with Crippen molar-refractivity contribution < 1.29 is 14.3 Å². The van der Waals surface area contributed by atoms with E-state index in [-0.39, 0.29) is 5.91 Å². The van der Waals surface area contributed by atoms with Gasteiger partial charge in [-0.05, 0) is 44.3 Å². The maximum atomic E-state index is 12.4. The summed E-state index contributed by atoms with van der Waals surface area (Å²) in [5.74, 6) is 1.11. The summed E-state index contributed by atoms with van der Waals surface area (Å²) in [6.45, 7) is 3.27. The zero-order valence-electron chi connectivity index (χ0n) is 15.6. The quantitative estimate of drug-likeness (QED) is 0.840. The van der Waals surface area contributed by atoms with E-state index in [4.69, 9.17) is 9.47 Å². The van der Waals surface area contributed by atoms with Crippen LogP contribution < -0.4 is 14.8 Å². The lowest BCUT2D eigenvalue weighted by Gasteiger charge is -2.13. The van der Waals surface area contributed by atoms with Gasteiger partial charge in [-0.3, -0.25) is 4.79 Å². The standard InChI is InChI=1S/C20H26N2O3/c1-14-18(24-4)10-17(11-19(14)25-5)20(23)21-12-15-6-8-16(9-7-15)13-22(2)3/h6-11H,12-13H2,1-5H3,(H,21,23). The lowest BCUT2D eigenvalue weighted by Crippen LogP contribution is -2.23. The first kappa shape index (κ1) is 18.8. The van der Waals surface area contributed by atoms with Crippen LogP contribution in [0, 0.1) is 6.92 Å². The lowest BCUT2D eigenvalue weighted by molar-refractivity contribution is 0.0950. The lowest BCUT2D eigenvalue weighted by atomic mass is 10.1. The highest BCUT2D eigenvalue weighted by molar-refractivity contribution is 5.95. The van der Waals surface area contributed by atoms with Gasteiger partial charge in [0.25, 0.3) is 5.91 Å². The van der Waals surface area contributed by atoms with Crippen molar-refractivity contribution in [2.45, 2.75) is 20.0 Å². The molecule has 0 aromatic heterocycles. The number of ether oxygens (including phenoxy) is 2. The Morgan fingerprint density at radius 3 is 2.00 bits per heavy atom. The first-order valence-electron chi connectivity index (χ1n) is 8.18. The van der Waals surface area contributed by atoms with E-state index in [1.807, 2.05) is 33.2 Å². The van der Waals surface area contributed by atoms with Gasteiger partial charge in [0.2, 0.25) is 0 Å². The van der Waals surface area contributed by atoms with E-state index in [1.54, 1.807) is 26.4 Å². The maximum absolute atomic E-state index is 12.4. The smallest absolute Gasteiger partial charge is 0.251 e. The third-order valence-corrected chi connectivity index (χ3v) is 3.99. The van der Waals surface area contributed by atoms with E-state index in [0.29, 0.717) is 23.6 Å². The molecule has 0 fully saturated rings. The van der Waals surface area contributed by atoms with Gasteiger partial charge in [-0.2, -0.15) is 0 Å². The SMILES string of the molecule is COc1cc(C(=O)NCc2ccc(CN(C)C)cc2)cc(OC)c1C. The molecular formula is C20H26N2O3. The van der Waals surface area contributed by atoms with Gasteiger partial charge < -0.3 is 19.7 Å². The maximum Gasteiger partial charge on any atom is 0.251 e. The molecule has 0 heterocycles. The highest BCUT2D eigenvalue weighted by Gasteiger charge is 2.13. The average Bonchev–Trinajstić information content (AvgIpc) is 2.60. The number of hydrogen-bond acceptors (Lipinski definition) is 4. The first-order valence-corrected chi connectivity index (χ1v) is 8.18. The van der Waals surface area contributed by atoms with Crippen LogP contribution in [0.5, 0.6) is 11.5 Å². The summed E-state index contributed by atoms with van der Waals surface area (Å²) in [5.41, 5.74) is 3.69. The Bertz CT molecular complexity index is 699. The Morgan fingerprint density at radius 2 is 1.52 bits per heavy atom. The summed E-state index contributed by atoms with van der Waals surface area (Å²) in [4.78, 5) is 14.6. The van der Waals surface area contributed by atoms with E-state index in [1.165, 1.54) is 5.56 Å². The second kappa shape index (κ2) is 8.53. The van der Waals surface area contributed by atoms with Crippen molar-refractivity contribution >= 4 is 5.91 Å². The zero-order valence-corrected chi connectivity index (χ0v) is 15.6. The number of nitrogens with zero attached hydrogens (tertiary/aromatic N) is 1. The molecule has 0 radical (unpaired) electrons. The third-order valence-electron chi connectivity index (χ3n) is 3.99. The van der Waals surface area contributed by atoms with Crippen molar-refractivity contribution in [3.05, 3.63) is 58.7 Å². The number of nitrogens with one attached hydrogen (secondary N) is 1. The summed E-state index contributed by atoms with van der Waals surface area (Å²) in [5, 5.41) is 2.94. The molecule has 0 aliphatic rings. The van der Waals surface area contributed by atoms with Gasteiger partial charge in [-0.15, -0.1) is 0 Å². The summed E-state index contributed by atoms with van der Waals surface area (Å²) in [6.07, 6.45) is 0. The van der Waals surface area contributed by atoms with Gasteiger partial charge in [-0.1, -0.05) is 24.3 Å². The Labute approximate surface area is 149 Å². The van der Waals surface area contributed by atoms with Crippen LogP contribution in [0.1, 0.15) is 27.0 Å². The molecule has 0 unspecified atom stereocenters. The molecule has 1 amide bonds. The van der Waals surface area contributed by atoms with Crippen LogP contribution >= 0.6 is 0 Å². The van der Waals surface area contributed by atoms with Crippen LogP contribution in [0.2, 0.25) is 0 Å². The number of benzene rings is 2. The Hall–Kier alpha value is -2.53. The van der Waals surface area contributed by atoms with Crippen molar-refractivity contribution in [1.82, 2.24) is 10.2 Å². The highest BCUT2D eigenvalue weighted by Crippen LogP contribution is 2.29. The molecule has 2 aromatic rings. The van der Waals surface area contributed by atoms with Gasteiger partial charge in [0.1, 0.15) is 11.5 Å². The molecule has 0 bridgehead atoms. The van der Waals surface area contributed by atoms with Gasteiger partial charge in [-0.25, -0.2) is 0 Å². The van der Waals surface area contributed by atoms with Gasteiger partial charge >= 0.3 is 0 Å². The summed E-state index contributed by atoms with van der Waals surface area (Å²) >= 11 is 0. The van der Waals surface area contributed by atoms with Crippen molar-refractivity contribution in [2.24, 2.45) is 0 Å². The molecule has 0 aliphatic carbocycles. The van der Waals surface area contributed by atoms with E-state index in [0.717, 1.165) is 17.7 Å². The minimum Gasteiger partial charge on any atom is -0.496 e. The number of rotatable bonds is 7. The molecule has 0 saturated heterocycles. The van der Waals surface area contributed by atoms with E-state index in [2.05, 4.69) is 22.3 Å². The fraction of sp³-hybridized carbons (Fsp3) is 0.350. The van der Waals surface area contributed by atoms with E-state index >= 15 is 0 Å². The van der Waals surface area contributed by atoms with Gasteiger partial charge in [0.15, 0.2) is 0 Å². The molecule has 5 nitrogen and oxygen atoms in total. The Kier molecular flexibility index (Phi) is 6.42. The second-order valence-electron chi connectivity index (χ2n) is 6.24. The van der Waals surface area contributed by atoms with Crippen LogP contribution in [0.25, 0.3) is 0 Å². The number of methoxy groups -OCH3 is 2. The van der Waals surface area contributed by atoms with Crippen LogP contribution in [0.15, 0.2) is 36.4 Å². The fourth-order valence-electron chi connectivity index (χ4n) is 2.63. The Morgan fingerprint density at radius 1 is 1.00 bits per heavy atom. The number of carbonyl (C=O) groups excluding carboxylic acids is 1. The van der Waals surface area contributed by atoms with Gasteiger partial charge in [0, 0.05) is 24.2 Å². The average molecular weight is 342 g/mol. The summed E-state index contributed by atoms with van der Waals surface area (Å²) < 4.78 is 10.6. The van der Waals surface area contributed by atoms with Crippen LogP contribution in [0.4, 0.5) is 0 Å². The summed E-state index contributed by atoms with van der Waals surface area (Å²) in [6, 6.07) is 11.7. The van der Waals surface area contributed by atoms with Crippen LogP contribution in [-0.2, 0) is 13.1 Å². The molecule has 0 spiro atoms. The molecular weight excluding hydrogens is 316 g/mol. The van der Waals surface area contributed by atoms with Crippen LogP contribution in [-0.4, -0.2) is 39.1 Å². The largest absolute Gasteiger partial charge is 0.496 e. The topological polar surface area (TPSA) is 50.8 Å². The fourth-order valence-corrected chi connectivity index (χ4v) is 2.63. The third kappa shape index (κ3) is 4.97. The molecule has 25 heavy (non-hydrogen) atoms. The van der Waals surface area contributed by atoms with Crippen molar-refractivity contribution in [3.8, 4) is 11.5 Å². The van der Waals surface area contributed by atoms with Gasteiger partial charge in [0.05, 0.1) is 14.2 Å². The van der Waals surface area contributed by atoms with E-state index < -0.39 is 0 Å². The molecule has 1 N–H and O–H groups in total. The van der Waals surface area contributed by atoms with Crippen molar-refractivity contribution in [2.75, 3.05) is 28.3 Å². The molecule has 5 heteroatoms. The van der Waals surface area contributed by atoms with Crippen molar-refractivity contribution in [3.63, 3.8) is 0 Å². The summed E-state index contributed by atoms with van der Waals surface area (Å²) in [7, 11) is 7.24. The number of hydrogen-bond donors (Lipinski definition) is 1. The number of amides is 1. The predicted molar refractivity (Wildman–Crippen MR) is 99.3 cm³/mol. The number of carbonyl (C=O) groups is 1. The Balaban J connectivity index is 2.05. The predicted octanol–water partition coefficient (Wildman–Crippen LogP) is 3.00. The minimum absolute atomic E-state index is 0.158. The molecule has 2 rings (SSSR count). The van der Waals surface area contributed by atoms with E-state index in [9.17, 15) is 4.79 Å². The monoisotopic (exact) mass is 342 g/mol.